The Kier molecular flexibility index (Phi) is 6.26. The summed E-state index contributed by atoms with van der Waals surface area (Å²) in [7, 11) is 0. The third-order valence-electron chi connectivity index (χ3n) is 3.49. The van der Waals surface area contributed by atoms with Crippen molar-refractivity contribution in [3.63, 3.8) is 0 Å². The van der Waals surface area contributed by atoms with Crippen molar-refractivity contribution in [2.75, 3.05) is 6.61 Å². The van der Waals surface area contributed by atoms with Crippen LogP contribution in [-0.4, -0.2) is 23.9 Å². The minimum atomic E-state index is -0.255. The first-order valence-electron chi connectivity index (χ1n) is 6.57. The van der Waals surface area contributed by atoms with Crippen molar-refractivity contribution in [1.29, 1.82) is 0 Å². The lowest BCUT2D eigenvalue weighted by molar-refractivity contribution is -0.0522. The van der Waals surface area contributed by atoms with Gasteiger partial charge in [-0.3, -0.25) is 0 Å². The van der Waals surface area contributed by atoms with Gasteiger partial charge in [0, 0.05) is 0 Å². The quantitative estimate of drug-likeness (QED) is 0.736. The first kappa shape index (κ1) is 13.0. The molecular weight excluding hydrogens is 188 g/mol. The van der Waals surface area contributed by atoms with Crippen LogP contribution in [0, 0.1) is 5.92 Å². The fraction of sp³-hybridized carbons (Fsp3) is 1.00. The maximum Gasteiger partial charge on any atom is 0.0773 e. The molecule has 15 heavy (non-hydrogen) atoms. The monoisotopic (exact) mass is 214 g/mol. The average molecular weight is 214 g/mol. The molecule has 0 radical (unpaired) electrons. The molecule has 1 N–H and O–H groups in total. The van der Waals surface area contributed by atoms with Gasteiger partial charge in [0.05, 0.1) is 18.8 Å². The predicted octanol–water partition coefficient (Wildman–Crippen LogP) is 3.13. The van der Waals surface area contributed by atoms with Gasteiger partial charge in [0.2, 0.25) is 0 Å². The van der Waals surface area contributed by atoms with Crippen molar-refractivity contribution in [3.05, 3.63) is 0 Å². The van der Waals surface area contributed by atoms with E-state index in [9.17, 15) is 5.11 Å². The maximum absolute atomic E-state index is 9.61. The highest BCUT2D eigenvalue weighted by molar-refractivity contribution is 4.75. The normalized spacial score (nSPS) is 29.0. The van der Waals surface area contributed by atoms with Crippen LogP contribution in [0.2, 0.25) is 0 Å². The molecular formula is C13H26O2. The van der Waals surface area contributed by atoms with Crippen LogP contribution in [0.1, 0.15) is 58.8 Å². The minimum Gasteiger partial charge on any atom is -0.391 e. The summed E-state index contributed by atoms with van der Waals surface area (Å²) in [4.78, 5) is 0. The lowest BCUT2D eigenvalue weighted by Crippen LogP contribution is -2.30. The van der Waals surface area contributed by atoms with Gasteiger partial charge in [0.25, 0.3) is 0 Å². The molecule has 1 rings (SSSR count). The molecule has 1 aliphatic carbocycles. The van der Waals surface area contributed by atoms with E-state index in [1.807, 2.05) is 0 Å². The third kappa shape index (κ3) is 4.52. The van der Waals surface area contributed by atoms with E-state index in [1.165, 1.54) is 32.1 Å². The summed E-state index contributed by atoms with van der Waals surface area (Å²) in [5.41, 5.74) is 0. The summed E-state index contributed by atoms with van der Waals surface area (Å²) < 4.78 is 5.85. The number of aliphatic hydroxyl groups is 1. The molecule has 90 valence electrons. The second-order valence-corrected chi connectivity index (χ2v) is 4.77. The number of hydrogen-bond donors (Lipinski definition) is 1. The lowest BCUT2D eigenvalue weighted by atomic mass is 9.85. The summed E-state index contributed by atoms with van der Waals surface area (Å²) >= 11 is 0. The van der Waals surface area contributed by atoms with E-state index in [0.717, 1.165) is 18.8 Å². The van der Waals surface area contributed by atoms with E-state index < -0.39 is 0 Å². The first-order valence-corrected chi connectivity index (χ1v) is 6.57. The molecule has 1 fully saturated rings. The molecule has 0 amide bonds. The Morgan fingerprint density at radius 2 is 2.00 bits per heavy atom. The van der Waals surface area contributed by atoms with Crippen molar-refractivity contribution in [1.82, 2.24) is 0 Å². The van der Waals surface area contributed by atoms with E-state index in [2.05, 4.69) is 13.8 Å². The summed E-state index contributed by atoms with van der Waals surface area (Å²) in [6.07, 6.45) is 8.43. The molecule has 2 heteroatoms. The number of aliphatic hydroxyl groups excluding tert-OH is 1. The van der Waals surface area contributed by atoms with Crippen molar-refractivity contribution in [2.24, 2.45) is 5.92 Å². The molecule has 0 aliphatic heterocycles. The first-order chi connectivity index (χ1) is 7.27. The van der Waals surface area contributed by atoms with E-state index in [0.29, 0.717) is 12.7 Å². The molecule has 0 saturated heterocycles. The Hall–Kier alpha value is -0.0800. The second kappa shape index (κ2) is 7.24. The number of rotatable bonds is 6. The van der Waals surface area contributed by atoms with Crippen molar-refractivity contribution >= 4 is 0 Å². The lowest BCUT2D eigenvalue weighted by Gasteiger charge is -2.31. The predicted molar refractivity (Wildman–Crippen MR) is 62.9 cm³/mol. The molecule has 1 saturated carbocycles. The molecule has 3 atom stereocenters. The smallest absolute Gasteiger partial charge is 0.0773 e. The molecule has 0 aromatic heterocycles. The minimum absolute atomic E-state index is 0.255. The Morgan fingerprint density at radius 1 is 1.27 bits per heavy atom. The standard InChI is InChI=1S/C13H26O2/c1-3-7-12(14)10-15-13-9-6-5-8-11(13)4-2/h11-14H,3-10H2,1-2H3. The molecule has 0 aromatic rings. The molecule has 0 bridgehead atoms. The molecule has 0 aromatic carbocycles. The van der Waals surface area contributed by atoms with Gasteiger partial charge >= 0.3 is 0 Å². The molecule has 3 unspecified atom stereocenters. The summed E-state index contributed by atoms with van der Waals surface area (Å²) in [6.45, 7) is 4.88. The van der Waals surface area contributed by atoms with Crippen LogP contribution in [0.15, 0.2) is 0 Å². The summed E-state index contributed by atoms with van der Waals surface area (Å²) in [6, 6.07) is 0. The Bertz CT molecular complexity index is 159. The second-order valence-electron chi connectivity index (χ2n) is 4.77. The molecule has 0 spiro atoms. The highest BCUT2D eigenvalue weighted by Crippen LogP contribution is 2.29. The van der Waals surface area contributed by atoms with Crippen molar-refractivity contribution in [2.45, 2.75) is 71.0 Å². The zero-order chi connectivity index (χ0) is 11.1. The fourth-order valence-electron chi connectivity index (χ4n) is 2.51. The van der Waals surface area contributed by atoms with Gasteiger partial charge in [0.15, 0.2) is 0 Å². The van der Waals surface area contributed by atoms with Crippen LogP contribution in [-0.2, 0) is 4.74 Å². The van der Waals surface area contributed by atoms with E-state index in [1.54, 1.807) is 0 Å². The van der Waals surface area contributed by atoms with Crippen molar-refractivity contribution in [3.8, 4) is 0 Å². The SMILES string of the molecule is CCCC(O)COC1CCCCC1CC. The highest BCUT2D eigenvalue weighted by Gasteiger charge is 2.24. The summed E-state index contributed by atoms with van der Waals surface area (Å²) in [5, 5.41) is 9.61. The van der Waals surface area contributed by atoms with Gasteiger partial charge in [-0.1, -0.05) is 39.5 Å². The zero-order valence-electron chi connectivity index (χ0n) is 10.2. The van der Waals surface area contributed by atoms with Crippen LogP contribution in [0.5, 0.6) is 0 Å². The van der Waals surface area contributed by atoms with Crippen LogP contribution in [0.4, 0.5) is 0 Å². The third-order valence-corrected chi connectivity index (χ3v) is 3.49. The Balaban J connectivity index is 2.22. The highest BCUT2D eigenvalue weighted by atomic mass is 16.5. The maximum atomic E-state index is 9.61. The molecule has 1 aliphatic rings. The molecule has 0 heterocycles. The largest absolute Gasteiger partial charge is 0.391 e. The van der Waals surface area contributed by atoms with E-state index >= 15 is 0 Å². The summed E-state index contributed by atoms with van der Waals surface area (Å²) in [5.74, 6) is 0.729. The number of ether oxygens (including phenoxy) is 1. The fourth-order valence-corrected chi connectivity index (χ4v) is 2.51. The van der Waals surface area contributed by atoms with Gasteiger partial charge < -0.3 is 9.84 Å². The van der Waals surface area contributed by atoms with Gasteiger partial charge in [-0.25, -0.2) is 0 Å². The van der Waals surface area contributed by atoms with Crippen LogP contribution >= 0.6 is 0 Å². The Morgan fingerprint density at radius 3 is 2.67 bits per heavy atom. The van der Waals surface area contributed by atoms with Gasteiger partial charge in [-0.05, 0) is 25.2 Å². The van der Waals surface area contributed by atoms with E-state index in [-0.39, 0.29) is 6.10 Å². The average Bonchev–Trinajstić information content (AvgIpc) is 2.27. The van der Waals surface area contributed by atoms with Crippen molar-refractivity contribution < 1.29 is 9.84 Å². The van der Waals surface area contributed by atoms with Crippen LogP contribution in [0.3, 0.4) is 0 Å². The van der Waals surface area contributed by atoms with E-state index in [4.69, 9.17) is 4.74 Å². The van der Waals surface area contributed by atoms with Crippen LogP contribution < -0.4 is 0 Å². The topological polar surface area (TPSA) is 29.5 Å². The van der Waals surface area contributed by atoms with Gasteiger partial charge in [-0.2, -0.15) is 0 Å². The zero-order valence-corrected chi connectivity index (χ0v) is 10.2. The van der Waals surface area contributed by atoms with Crippen LogP contribution in [0.25, 0.3) is 0 Å². The van der Waals surface area contributed by atoms with Gasteiger partial charge in [-0.15, -0.1) is 0 Å². The van der Waals surface area contributed by atoms with Gasteiger partial charge in [0.1, 0.15) is 0 Å². The molecule has 2 nitrogen and oxygen atoms in total. The Labute approximate surface area is 94.0 Å². The number of hydrogen-bond acceptors (Lipinski definition) is 2.